The Hall–Kier alpha value is -0.970. The summed E-state index contributed by atoms with van der Waals surface area (Å²) in [7, 11) is 1.26. The number of thiophene rings is 1. The SMILES string of the molecule is COC(=O)COc1c(C(=O)Nc2nccs2)sc(Br)c1Br. The third-order valence-electron chi connectivity index (χ3n) is 2.19. The summed E-state index contributed by atoms with van der Waals surface area (Å²) in [5.74, 6) is -0.608. The summed E-state index contributed by atoms with van der Waals surface area (Å²) in [5.41, 5.74) is 0. The van der Waals surface area contributed by atoms with E-state index >= 15 is 0 Å². The zero-order chi connectivity index (χ0) is 15.4. The number of aromatic nitrogens is 1. The lowest BCUT2D eigenvalue weighted by molar-refractivity contribution is -0.142. The maximum absolute atomic E-state index is 12.2. The van der Waals surface area contributed by atoms with Gasteiger partial charge in [0.05, 0.1) is 15.4 Å². The summed E-state index contributed by atoms with van der Waals surface area (Å²) in [5, 5.41) is 4.90. The van der Waals surface area contributed by atoms with E-state index in [2.05, 4.69) is 46.9 Å². The van der Waals surface area contributed by atoms with E-state index in [0.717, 1.165) is 0 Å². The van der Waals surface area contributed by atoms with E-state index in [1.165, 1.54) is 29.8 Å². The number of anilines is 1. The molecular weight excluding hydrogens is 448 g/mol. The van der Waals surface area contributed by atoms with Crippen LogP contribution in [-0.2, 0) is 9.53 Å². The first-order chi connectivity index (χ1) is 10.0. The zero-order valence-electron chi connectivity index (χ0n) is 10.5. The number of amides is 1. The Morgan fingerprint density at radius 2 is 2.19 bits per heavy atom. The predicted molar refractivity (Wildman–Crippen MR) is 87.3 cm³/mol. The standard InChI is InChI=1S/C11H8Br2N2O4S2/c1-18-5(16)4-19-7-6(12)9(13)21-8(7)10(17)15-11-14-2-3-20-11/h2-3H,4H2,1H3,(H,14,15,17). The lowest BCUT2D eigenvalue weighted by atomic mass is 10.4. The smallest absolute Gasteiger partial charge is 0.343 e. The molecule has 2 aromatic rings. The second-order valence-electron chi connectivity index (χ2n) is 3.50. The van der Waals surface area contributed by atoms with Crippen LogP contribution in [0.2, 0.25) is 0 Å². The highest BCUT2D eigenvalue weighted by Gasteiger charge is 2.23. The van der Waals surface area contributed by atoms with Gasteiger partial charge in [-0.1, -0.05) is 0 Å². The maximum atomic E-state index is 12.2. The molecule has 0 spiro atoms. The molecule has 0 radical (unpaired) electrons. The first-order valence-electron chi connectivity index (χ1n) is 5.41. The Kier molecular flexibility index (Phi) is 5.73. The summed E-state index contributed by atoms with van der Waals surface area (Å²) in [6, 6.07) is 0. The first kappa shape index (κ1) is 16.4. The summed E-state index contributed by atoms with van der Waals surface area (Å²) >= 11 is 9.13. The monoisotopic (exact) mass is 454 g/mol. The Bertz CT molecular complexity index is 657. The lowest BCUT2D eigenvalue weighted by Crippen LogP contribution is -2.15. The number of rotatable bonds is 5. The third-order valence-corrected chi connectivity index (χ3v) is 6.27. The van der Waals surface area contributed by atoms with Gasteiger partial charge in [0.25, 0.3) is 5.91 Å². The highest BCUT2D eigenvalue weighted by Crippen LogP contribution is 2.43. The molecular formula is C11H8Br2N2O4S2. The quantitative estimate of drug-likeness (QED) is 0.697. The van der Waals surface area contributed by atoms with Crippen molar-refractivity contribution in [2.24, 2.45) is 0 Å². The molecule has 1 amide bonds. The van der Waals surface area contributed by atoms with Crippen LogP contribution in [0.1, 0.15) is 9.67 Å². The topological polar surface area (TPSA) is 77.5 Å². The number of carbonyl (C=O) groups is 2. The van der Waals surface area contributed by atoms with Crippen LogP contribution in [0.25, 0.3) is 0 Å². The molecule has 6 nitrogen and oxygen atoms in total. The van der Waals surface area contributed by atoms with Gasteiger partial charge in [0.1, 0.15) is 4.88 Å². The second-order valence-corrected chi connectivity index (χ2v) is 7.53. The fourth-order valence-corrected chi connectivity index (χ4v) is 3.91. The van der Waals surface area contributed by atoms with Crippen molar-refractivity contribution in [3.8, 4) is 5.75 Å². The third kappa shape index (κ3) is 4.02. The van der Waals surface area contributed by atoms with Crippen molar-refractivity contribution in [1.82, 2.24) is 4.98 Å². The average molecular weight is 456 g/mol. The zero-order valence-corrected chi connectivity index (χ0v) is 15.3. The van der Waals surface area contributed by atoms with Crippen LogP contribution < -0.4 is 10.1 Å². The lowest BCUT2D eigenvalue weighted by Gasteiger charge is -2.06. The number of esters is 1. The molecule has 0 aliphatic heterocycles. The van der Waals surface area contributed by atoms with Crippen LogP contribution in [0.3, 0.4) is 0 Å². The molecule has 2 aromatic heterocycles. The normalized spacial score (nSPS) is 10.2. The van der Waals surface area contributed by atoms with Crippen molar-refractivity contribution in [1.29, 1.82) is 0 Å². The molecule has 0 fully saturated rings. The Morgan fingerprint density at radius 3 is 2.81 bits per heavy atom. The molecule has 2 heterocycles. The minimum atomic E-state index is -0.532. The number of thiazole rings is 1. The van der Waals surface area contributed by atoms with E-state index in [4.69, 9.17) is 4.74 Å². The summed E-state index contributed by atoms with van der Waals surface area (Å²) in [6.07, 6.45) is 1.59. The van der Waals surface area contributed by atoms with E-state index in [1.807, 2.05) is 0 Å². The van der Waals surface area contributed by atoms with Gasteiger partial charge in [0, 0.05) is 11.6 Å². The van der Waals surface area contributed by atoms with E-state index in [1.54, 1.807) is 11.6 Å². The molecule has 0 aromatic carbocycles. The fourth-order valence-electron chi connectivity index (χ4n) is 1.28. The molecule has 0 bridgehead atoms. The molecule has 0 saturated carbocycles. The second kappa shape index (κ2) is 7.34. The van der Waals surface area contributed by atoms with Gasteiger partial charge >= 0.3 is 5.97 Å². The van der Waals surface area contributed by atoms with Crippen molar-refractivity contribution < 1.29 is 19.1 Å². The molecule has 1 N–H and O–H groups in total. The largest absolute Gasteiger partial charge is 0.479 e. The Labute approximate surface area is 144 Å². The van der Waals surface area contributed by atoms with E-state index < -0.39 is 5.97 Å². The molecule has 0 atom stereocenters. The van der Waals surface area contributed by atoms with Gasteiger partial charge in [0.2, 0.25) is 0 Å². The van der Waals surface area contributed by atoms with Gasteiger partial charge in [-0.3, -0.25) is 10.1 Å². The van der Waals surface area contributed by atoms with E-state index in [0.29, 0.717) is 18.3 Å². The molecule has 10 heteroatoms. The highest BCUT2D eigenvalue weighted by atomic mass is 79.9. The number of ether oxygens (including phenoxy) is 2. The highest BCUT2D eigenvalue weighted by molar-refractivity contribution is 9.13. The maximum Gasteiger partial charge on any atom is 0.343 e. The van der Waals surface area contributed by atoms with Crippen LogP contribution in [-0.4, -0.2) is 30.6 Å². The van der Waals surface area contributed by atoms with Gasteiger partial charge < -0.3 is 9.47 Å². The van der Waals surface area contributed by atoms with Crippen LogP contribution in [0.4, 0.5) is 5.13 Å². The van der Waals surface area contributed by atoms with E-state index in [9.17, 15) is 9.59 Å². The number of nitrogens with one attached hydrogen (secondary N) is 1. The number of hydrogen-bond acceptors (Lipinski definition) is 7. The Morgan fingerprint density at radius 1 is 1.43 bits per heavy atom. The van der Waals surface area contributed by atoms with Crippen molar-refractivity contribution in [2.45, 2.75) is 0 Å². The first-order valence-corrected chi connectivity index (χ1v) is 8.69. The molecule has 0 aliphatic carbocycles. The van der Waals surface area contributed by atoms with E-state index in [-0.39, 0.29) is 18.3 Å². The van der Waals surface area contributed by atoms with Crippen LogP contribution >= 0.6 is 54.5 Å². The van der Waals surface area contributed by atoms with Crippen molar-refractivity contribution >= 4 is 71.5 Å². The van der Waals surface area contributed by atoms with Crippen LogP contribution in [0, 0.1) is 0 Å². The molecule has 112 valence electrons. The number of hydrogen-bond donors (Lipinski definition) is 1. The van der Waals surface area contributed by atoms with Crippen molar-refractivity contribution in [2.75, 3.05) is 19.0 Å². The number of nitrogens with zero attached hydrogens (tertiary/aromatic N) is 1. The molecule has 0 saturated heterocycles. The fraction of sp³-hybridized carbons (Fsp3) is 0.182. The summed E-state index contributed by atoms with van der Waals surface area (Å²) in [6.45, 7) is -0.282. The van der Waals surface area contributed by atoms with Crippen molar-refractivity contribution in [3.05, 3.63) is 24.7 Å². The average Bonchev–Trinajstić information content (AvgIpc) is 3.06. The Balaban J connectivity index is 2.20. The van der Waals surface area contributed by atoms with Gasteiger partial charge in [-0.25, -0.2) is 9.78 Å². The summed E-state index contributed by atoms with van der Waals surface area (Å²) in [4.78, 5) is 27.7. The van der Waals surface area contributed by atoms with Gasteiger partial charge in [-0.2, -0.15) is 0 Å². The number of methoxy groups -OCH3 is 1. The molecule has 2 rings (SSSR count). The molecule has 0 unspecified atom stereocenters. The van der Waals surface area contributed by atoms with Crippen molar-refractivity contribution in [3.63, 3.8) is 0 Å². The van der Waals surface area contributed by atoms with Gasteiger partial charge in [-0.05, 0) is 31.9 Å². The number of halogens is 2. The van der Waals surface area contributed by atoms with Crippen LogP contribution in [0.15, 0.2) is 19.8 Å². The minimum absolute atomic E-state index is 0.282. The van der Waals surface area contributed by atoms with Gasteiger partial charge in [0.15, 0.2) is 17.5 Å². The number of carbonyl (C=O) groups excluding carboxylic acids is 2. The molecule has 0 aliphatic rings. The van der Waals surface area contributed by atoms with Crippen LogP contribution in [0.5, 0.6) is 5.75 Å². The predicted octanol–water partition coefficient (Wildman–Crippen LogP) is 3.53. The summed E-state index contributed by atoms with van der Waals surface area (Å²) < 4.78 is 11.1. The minimum Gasteiger partial charge on any atom is -0.479 e. The van der Waals surface area contributed by atoms with Gasteiger partial charge in [-0.15, -0.1) is 22.7 Å². The molecule has 21 heavy (non-hydrogen) atoms.